The lowest BCUT2D eigenvalue weighted by atomic mass is 10.2. The summed E-state index contributed by atoms with van der Waals surface area (Å²) in [5.74, 6) is 2.15. The number of allylic oxidation sites excluding steroid dienone is 2. The summed E-state index contributed by atoms with van der Waals surface area (Å²) in [7, 11) is 6.88. The molecule has 1 fully saturated rings. The second-order valence-corrected chi connectivity index (χ2v) is 4.80. The molecule has 1 saturated heterocycles. The molecule has 0 amide bonds. The molecule has 6 N–H and O–H groups in total. The Hall–Kier alpha value is -2.47. The van der Waals surface area contributed by atoms with E-state index in [1.54, 1.807) is 7.11 Å². The third-order valence-electron chi connectivity index (χ3n) is 3.21. The van der Waals surface area contributed by atoms with Crippen LogP contribution in [0.15, 0.2) is 28.9 Å². The second-order valence-electron chi connectivity index (χ2n) is 4.80. The van der Waals surface area contributed by atoms with Crippen molar-refractivity contribution in [1.82, 2.24) is 4.90 Å². The van der Waals surface area contributed by atoms with Gasteiger partial charge in [0.05, 0.1) is 17.9 Å². The molecule has 162 valence electrons. The van der Waals surface area contributed by atoms with E-state index in [0.29, 0.717) is 18.6 Å². The molecule has 8 nitrogen and oxygen atoms in total. The fraction of sp³-hybridized carbons (Fsp3) is 0.550. The summed E-state index contributed by atoms with van der Waals surface area (Å²) < 4.78 is 5.05. The minimum Gasteiger partial charge on any atom is -0.391 e. The summed E-state index contributed by atoms with van der Waals surface area (Å²) in [5.41, 5.74) is 15.1. The number of aldehydes is 2. The highest BCUT2D eigenvalue weighted by Gasteiger charge is 2.19. The number of hydrogen-bond acceptors (Lipinski definition) is 7. The van der Waals surface area contributed by atoms with E-state index in [9.17, 15) is 4.79 Å². The molecule has 0 aliphatic carbocycles. The van der Waals surface area contributed by atoms with Crippen LogP contribution < -0.4 is 17.2 Å². The minimum absolute atomic E-state index is 0.00287. The summed E-state index contributed by atoms with van der Waals surface area (Å²) in [6, 6.07) is 0.690. The van der Waals surface area contributed by atoms with Gasteiger partial charge in [0.1, 0.15) is 12.1 Å². The number of terminal acetylenes is 1. The highest BCUT2D eigenvalue weighted by Crippen LogP contribution is 2.13. The van der Waals surface area contributed by atoms with Crippen molar-refractivity contribution in [3.8, 4) is 12.3 Å². The van der Waals surface area contributed by atoms with Gasteiger partial charge in [-0.15, -0.1) is 6.42 Å². The highest BCUT2D eigenvalue weighted by atomic mass is 16.5. The van der Waals surface area contributed by atoms with Gasteiger partial charge in [0.25, 0.3) is 0 Å². The lowest BCUT2D eigenvalue weighted by Gasteiger charge is -2.17. The molecule has 0 aromatic rings. The van der Waals surface area contributed by atoms with E-state index in [1.165, 1.54) is 39.6 Å². The molecule has 28 heavy (non-hydrogen) atoms. The number of carbonyl (C=O) groups is 2. The van der Waals surface area contributed by atoms with E-state index in [-0.39, 0.29) is 17.1 Å². The molecule has 8 heteroatoms. The molecular weight excluding hydrogens is 358 g/mol. The Morgan fingerprint density at radius 3 is 2.11 bits per heavy atom. The van der Waals surface area contributed by atoms with Crippen LogP contribution in [-0.2, 0) is 14.3 Å². The van der Waals surface area contributed by atoms with Crippen LogP contribution in [0.2, 0.25) is 0 Å². The fourth-order valence-electron chi connectivity index (χ4n) is 1.84. The van der Waals surface area contributed by atoms with Crippen LogP contribution >= 0.6 is 0 Å². The number of carbonyl (C=O) groups excluding carboxylic acids is 2. The molecule has 0 bridgehead atoms. The van der Waals surface area contributed by atoms with Crippen LogP contribution in [0.25, 0.3) is 0 Å². The molecule has 1 unspecified atom stereocenters. The number of aliphatic imine (C=N–C) groups is 1. The zero-order chi connectivity index (χ0) is 23.0. The first-order valence-corrected chi connectivity index (χ1v) is 8.90. The number of nitrogens with zero attached hydrogens (tertiary/aromatic N) is 2. The van der Waals surface area contributed by atoms with E-state index < -0.39 is 0 Å². The maximum Gasteiger partial charge on any atom is 0.156 e. The van der Waals surface area contributed by atoms with Crippen molar-refractivity contribution in [2.45, 2.75) is 32.7 Å². The number of methoxy groups -OCH3 is 1. The predicted molar refractivity (Wildman–Crippen MR) is 119 cm³/mol. The smallest absolute Gasteiger partial charge is 0.156 e. The maximum absolute atomic E-state index is 10.3. The number of likely N-dealkylation sites (N-methyl/N-ethyl adjacent to an activating group) is 1. The molecule has 1 atom stereocenters. The summed E-state index contributed by atoms with van der Waals surface area (Å²) in [4.78, 5) is 25.3. The van der Waals surface area contributed by atoms with Crippen molar-refractivity contribution in [1.29, 1.82) is 0 Å². The fourth-order valence-corrected chi connectivity index (χ4v) is 1.84. The van der Waals surface area contributed by atoms with Gasteiger partial charge in [-0.1, -0.05) is 26.3 Å². The number of amidine groups is 1. The Kier molecular flexibility index (Phi) is 31.7. The van der Waals surface area contributed by atoms with Crippen molar-refractivity contribution in [3.05, 3.63) is 23.9 Å². The van der Waals surface area contributed by atoms with Crippen LogP contribution in [0.5, 0.6) is 0 Å². The summed E-state index contributed by atoms with van der Waals surface area (Å²) in [6.07, 6.45) is 9.90. The summed E-state index contributed by atoms with van der Waals surface area (Å²) >= 11 is 0. The number of hydrogen-bond donors (Lipinski definition) is 3. The second kappa shape index (κ2) is 26.8. The average Bonchev–Trinajstić information content (AvgIpc) is 3.16. The largest absolute Gasteiger partial charge is 0.391 e. The van der Waals surface area contributed by atoms with Crippen molar-refractivity contribution < 1.29 is 14.3 Å². The lowest BCUT2D eigenvalue weighted by molar-refractivity contribution is -0.105. The Morgan fingerprint density at radius 2 is 1.86 bits per heavy atom. The van der Waals surface area contributed by atoms with E-state index in [2.05, 4.69) is 35.2 Å². The Balaban J connectivity index is -0.000000152. The minimum atomic E-state index is 0.00287. The van der Waals surface area contributed by atoms with Gasteiger partial charge in [0.2, 0.25) is 0 Å². The van der Waals surface area contributed by atoms with E-state index in [0.717, 1.165) is 6.61 Å². The number of ether oxygens (including phenoxy) is 1. The summed E-state index contributed by atoms with van der Waals surface area (Å²) in [6.45, 7) is 9.25. The van der Waals surface area contributed by atoms with E-state index in [1.807, 2.05) is 13.8 Å². The molecule has 0 aromatic heterocycles. The van der Waals surface area contributed by atoms with Crippen LogP contribution in [0, 0.1) is 12.3 Å². The van der Waals surface area contributed by atoms with Gasteiger partial charge in [-0.25, -0.2) is 0 Å². The predicted octanol–water partition coefficient (Wildman–Crippen LogP) is 0.718. The normalized spacial score (nSPS) is 15.8. The molecule has 0 spiro atoms. The molecule has 1 aliphatic rings. The standard InChI is InChI=1S/C7H9N3O.C7H15NO.C3H4O.C2H6.CH5N/c1-3-6(8)5(4-11)7(9)10-2;1-8-5-3-4-7(8)6-9-2;1-2-3-4;2*1-2/h1,4H,8H2,2H3,(H2,9,10);7H,3-6H2,1-2H3;2-3H,1H2;1-2H3;2H2,1H3/b6-5-;;;;. The summed E-state index contributed by atoms with van der Waals surface area (Å²) in [5, 5.41) is 0. The maximum atomic E-state index is 10.3. The third kappa shape index (κ3) is 18.3. The first-order chi connectivity index (χ1) is 13.4. The van der Waals surface area contributed by atoms with Gasteiger partial charge >= 0.3 is 0 Å². The Labute approximate surface area is 170 Å². The monoisotopic (exact) mass is 397 g/mol. The van der Waals surface area contributed by atoms with Crippen molar-refractivity contribution in [3.63, 3.8) is 0 Å². The zero-order valence-corrected chi connectivity index (χ0v) is 18.3. The molecule has 0 saturated carbocycles. The Morgan fingerprint density at radius 1 is 1.36 bits per heavy atom. The number of nitrogens with two attached hydrogens (primary N) is 3. The van der Waals surface area contributed by atoms with Crippen LogP contribution in [0.3, 0.4) is 0 Å². The van der Waals surface area contributed by atoms with Gasteiger partial charge in [-0.3, -0.25) is 14.6 Å². The molecule has 1 rings (SSSR count). The van der Waals surface area contributed by atoms with Gasteiger partial charge < -0.3 is 26.8 Å². The lowest BCUT2D eigenvalue weighted by Crippen LogP contribution is -2.28. The molecule has 1 heterocycles. The molecule has 0 aromatic carbocycles. The van der Waals surface area contributed by atoms with Crippen LogP contribution in [0.4, 0.5) is 0 Å². The van der Waals surface area contributed by atoms with Crippen molar-refractivity contribution >= 4 is 18.4 Å². The van der Waals surface area contributed by atoms with Gasteiger partial charge in [-0.2, -0.15) is 0 Å². The quantitative estimate of drug-likeness (QED) is 0.204. The first-order valence-electron chi connectivity index (χ1n) is 8.90. The number of likely N-dealkylation sites (tertiary alicyclic amines) is 1. The first kappa shape index (κ1) is 33.1. The van der Waals surface area contributed by atoms with Gasteiger partial charge in [0, 0.05) is 20.2 Å². The Bertz CT molecular complexity index is 491. The molecule has 1 aliphatic heterocycles. The van der Waals surface area contributed by atoms with Crippen LogP contribution in [0.1, 0.15) is 26.7 Å². The van der Waals surface area contributed by atoms with Crippen molar-refractivity contribution in [2.75, 3.05) is 41.4 Å². The molecular formula is C20H39N5O3. The van der Waals surface area contributed by atoms with Gasteiger partial charge in [0.15, 0.2) is 6.29 Å². The van der Waals surface area contributed by atoms with Gasteiger partial charge in [-0.05, 0) is 39.6 Å². The average molecular weight is 398 g/mol. The van der Waals surface area contributed by atoms with E-state index >= 15 is 0 Å². The SMILES string of the molecule is C#C/C(N)=C(\C=O)C(N)=NC.C=CC=O.CC.CN.COCC1CCCN1C. The third-order valence-corrected chi connectivity index (χ3v) is 3.21. The molecule has 0 radical (unpaired) electrons. The van der Waals surface area contributed by atoms with E-state index in [4.69, 9.17) is 27.4 Å². The van der Waals surface area contributed by atoms with Crippen LogP contribution in [-0.4, -0.2) is 70.8 Å². The zero-order valence-electron chi connectivity index (χ0n) is 18.3. The highest BCUT2D eigenvalue weighted by molar-refractivity contribution is 6.13. The number of rotatable bonds is 5. The topological polar surface area (TPSA) is 137 Å². The van der Waals surface area contributed by atoms with Crippen molar-refractivity contribution in [2.24, 2.45) is 22.2 Å².